The second kappa shape index (κ2) is 5.28. The average Bonchev–Trinajstić information content (AvgIpc) is 3.05. The molecule has 2 N–H and O–H groups in total. The summed E-state index contributed by atoms with van der Waals surface area (Å²) in [7, 11) is 0. The van der Waals surface area contributed by atoms with Crippen LogP contribution in [-0.2, 0) is 6.54 Å². The van der Waals surface area contributed by atoms with Crippen LogP contribution in [0.5, 0.6) is 0 Å². The van der Waals surface area contributed by atoms with E-state index < -0.39 is 0 Å². The highest BCUT2D eigenvalue weighted by atomic mass is 35.5. The van der Waals surface area contributed by atoms with E-state index in [0.717, 1.165) is 19.1 Å². The number of nitrogens with zero attached hydrogens (tertiary/aromatic N) is 1. The van der Waals surface area contributed by atoms with Crippen molar-refractivity contribution < 1.29 is 0 Å². The molecule has 0 amide bonds. The van der Waals surface area contributed by atoms with E-state index in [1.165, 1.54) is 18.4 Å². The third kappa shape index (κ3) is 3.62. The zero-order valence-electron chi connectivity index (χ0n) is 10.6. The minimum Gasteiger partial charge on any atom is -0.398 e. The molecule has 0 aromatic heterocycles. The van der Waals surface area contributed by atoms with Gasteiger partial charge < -0.3 is 5.73 Å². The number of benzene rings is 1. The van der Waals surface area contributed by atoms with Crippen LogP contribution in [0.2, 0.25) is 5.02 Å². The van der Waals surface area contributed by atoms with Crippen LogP contribution in [0.25, 0.3) is 0 Å². The van der Waals surface area contributed by atoms with Crippen LogP contribution in [0.15, 0.2) is 18.2 Å². The molecule has 17 heavy (non-hydrogen) atoms. The molecule has 0 unspecified atom stereocenters. The van der Waals surface area contributed by atoms with Gasteiger partial charge in [-0.1, -0.05) is 31.5 Å². The Morgan fingerprint density at radius 3 is 2.65 bits per heavy atom. The fourth-order valence-corrected chi connectivity index (χ4v) is 2.36. The van der Waals surface area contributed by atoms with E-state index in [1.807, 2.05) is 12.1 Å². The van der Waals surface area contributed by atoms with Crippen molar-refractivity contribution in [2.24, 2.45) is 5.92 Å². The van der Waals surface area contributed by atoms with Crippen LogP contribution >= 0.6 is 11.6 Å². The predicted molar refractivity (Wildman–Crippen MR) is 74.1 cm³/mol. The van der Waals surface area contributed by atoms with Gasteiger partial charge in [0, 0.05) is 19.1 Å². The number of rotatable bonds is 5. The lowest BCUT2D eigenvalue weighted by Gasteiger charge is -2.24. The summed E-state index contributed by atoms with van der Waals surface area (Å²) in [6.07, 6.45) is 2.69. The second-order valence-corrected chi connectivity index (χ2v) is 5.82. The van der Waals surface area contributed by atoms with Crippen molar-refractivity contribution in [2.75, 3.05) is 12.3 Å². The van der Waals surface area contributed by atoms with E-state index in [9.17, 15) is 0 Å². The number of anilines is 1. The van der Waals surface area contributed by atoms with Crippen LogP contribution in [0.4, 0.5) is 5.69 Å². The first-order valence-corrected chi connectivity index (χ1v) is 6.72. The molecule has 1 saturated carbocycles. The van der Waals surface area contributed by atoms with Gasteiger partial charge in [0.2, 0.25) is 0 Å². The Hall–Kier alpha value is -0.730. The molecule has 0 bridgehead atoms. The Morgan fingerprint density at radius 1 is 1.41 bits per heavy atom. The summed E-state index contributed by atoms with van der Waals surface area (Å²) in [6, 6.07) is 6.76. The molecule has 1 fully saturated rings. The maximum atomic E-state index is 6.05. The van der Waals surface area contributed by atoms with E-state index in [1.54, 1.807) is 0 Å². The first kappa shape index (κ1) is 12.7. The molecule has 2 rings (SSSR count). The standard InChI is InChI=1S/C14H21ClN2/c1-10(2)8-17(12-4-5-12)9-11-3-6-14(16)13(15)7-11/h3,6-7,10,12H,4-5,8-9,16H2,1-2H3. The molecule has 1 aromatic carbocycles. The lowest BCUT2D eigenvalue weighted by atomic mass is 10.1. The van der Waals surface area contributed by atoms with Crippen LogP contribution in [0.1, 0.15) is 32.3 Å². The van der Waals surface area contributed by atoms with Crippen molar-refractivity contribution in [1.82, 2.24) is 4.90 Å². The normalized spacial score (nSPS) is 15.8. The van der Waals surface area contributed by atoms with Gasteiger partial charge in [-0.25, -0.2) is 0 Å². The third-order valence-corrected chi connectivity index (χ3v) is 3.44. The van der Waals surface area contributed by atoms with E-state index >= 15 is 0 Å². The highest BCUT2D eigenvalue weighted by molar-refractivity contribution is 6.33. The molecule has 1 aromatic rings. The number of halogens is 1. The quantitative estimate of drug-likeness (QED) is 0.813. The minimum atomic E-state index is 0.664. The van der Waals surface area contributed by atoms with Crippen molar-refractivity contribution in [3.63, 3.8) is 0 Å². The van der Waals surface area contributed by atoms with E-state index in [-0.39, 0.29) is 0 Å². The molecule has 1 aliphatic carbocycles. The molecular formula is C14H21ClN2. The van der Waals surface area contributed by atoms with E-state index in [0.29, 0.717) is 16.6 Å². The zero-order chi connectivity index (χ0) is 12.4. The van der Waals surface area contributed by atoms with Gasteiger partial charge in [-0.3, -0.25) is 4.90 Å². The average molecular weight is 253 g/mol. The smallest absolute Gasteiger partial charge is 0.0638 e. The van der Waals surface area contributed by atoms with Gasteiger partial charge in [-0.15, -0.1) is 0 Å². The maximum Gasteiger partial charge on any atom is 0.0638 e. The SMILES string of the molecule is CC(C)CN(Cc1ccc(N)c(Cl)c1)C1CC1. The van der Waals surface area contributed by atoms with Crippen molar-refractivity contribution in [1.29, 1.82) is 0 Å². The summed E-state index contributed by atoms with van der Waals surface area (Å²) in [5, 5.41) is 0.669. The molecule has 94 valence electrons. The lowest BCUT2D eigenvalue weighted by molar-refractivity contribution is 0.226. The minimum absolute atomic E-state index is 0.664. The lowest BCUT2D eigenvalue weighted by Crippen LogP contribution is -2.29. The summed E-state index contributed by atoms with van der Waals surface area (Å²) < 4.78 is 0. The highest BCUT2D eigenvalue weighted by Crippen LogP contribution is 2.30. The first-order valence-electron chi connectivity index (χ1n) is 6.34. The molecule has 0 atom stereocenters. The van der Waals surface area contributed by atoms with Crippen molar-refractivity contribution in [3.8, 4) is 0 Å². The highest BCUT2D eigenvalue weighted by Gasteiger charge is 2.29. The fourth-order valence-electron chi connectivity index (χ4n) is 2.15. The summed E-state index contributed by atoms with van der Waals surface area (Å²) in [5.74, 6) is 0.708. The predicted octanol–water partition coefficient (Wildman–Crippen LogP) is 3.54. The van der Waals surface area contributed by atoms with Gasteiger partial charge in [-0.05, 0) is 36.5 Å². The molecule has 1 aliphatic rings. The van der Waals surface area contributed by atoms with Crippen molar-refractivity contribution >= 4 is 17.3 Å². The van der Waals surface area contributed by atoms with Crippen molar-refractivity contribution in [2.45, 2.75) is 39.3 Å². The molecule has 2 nitrogen and oxygen atoms in total. The van der Waals surface area contributed by atoms with Gasteiger partial charge >= 0.3 is 0 Å². The fraction of sp³-hybridized carbons (Fsp3) is 0.571. The third-order valence-electron chi connectivity index (χ3n) is 3.11. The summed E-state index contributed by atoms with van der Waals surface area (Å²) in [5.41, 5.74) is 7.65. The van der Waals surface area contributed by atoms with Gasteiger partial charge in [0.1, 0.15) is 0 Å². The van der Waals surface area contributed by atoms with Gasteiger partial charge in [0.05, 0.1) is 10.7 Å². The Morgan fingerprint density at radius 2 is 2.12 bits per heavy atom. The van der Waals surface area contributed by atoms with E-state index in [4.69, 9.17) is 17.3 Å². The molecule has 3 heteroatoms. The molecule has 0 radical (unpaired) electrons. The van der Waals surface area contributed by atoms with Gasteiger partial charge in [0.25, 0.3) is 0 Å². The Labute approximate surface area is 109 Å². The van der Waals surface area contributed by atoms with Gasteiger partial charge in [0.15, 0.2) is 0 Å². The maximum absolute atomic E-state index is 6.05. The summed E-state index contributed by atoms with van der Waals surface area (Å²) in [4.78, 5) is 2.56. The topological polar surface area (TPSA) is 29.3 Å². The van der Waals surface area contributed by atoms with Crippen molar-refractivity contribution in [3.05, 3.63) is 28.8 Å². The van der Waals surface area contributed by atoms with E-state index in [2.05, 4.69) is 24.8 Å². The molecule has 0 heterocycles. The van der Waals surface area contributed by atoms with Crippen LogP contribution in [-0.4, -0.2) is 17.5 Å². The number of nitrogens with two attached hydrogens (primary N) is 1. The summed E-state index contributed by atoms with van der Waals surface area (Å²) >= 11 is 6.05. The van der Waals surface area contributed by atoms with Gasteiger partial charge in [-0.2, -0.15) is 0 Å². The number of nitrogen functional groups attached to an aromatic ring is 1. The Bertz CT molecular complexity index is 386. The van der Waals surface area contributed by atoms with Crippen LogP contribution in [0, 0.1) is 5.92 Å². The molecule has 0 spiro atoms. The van der Waals surface area contributed by atoms with Crippen LogP contribution < -0.4 is 5.73 Å². The molecule has 0 aliphatic heterocycles. The Kier molecular flexibility index (Phi) is 3.95. The number of hydrogen-bond donors (Lipinski definition) is 1. The second-order valence-electron chi connectivity index (χ2n) is 5.41. The number of hydrogen-bond acceptors (Lipinski definition) is 2. The zero-order valence-corrected chi connectivity index (χ0v) is 11.4. The van der Waals surface area contributed by atoms with Crippen LogP contribution in [0.3, 0.4) is 0 Å². The largest absolute Gasteiger partial charge is 0.398 e. The molecular weight excluding hydrogens is 232 g/mol. The summed E-state index contributed by atoms with van der Waals surface area (Å²) in [6.45, 7) is 6.69. The first-order chi connectivity index (χ1) is 8.06. The Balaban J connectivity index is 2.03. The molecule has 0 saturated heterocycles. The monoisotopic (exact) mass is 252 g/mol.